The Kier molecular flexibility index (Phi) is 6.65. The molecule has 3 aromatic heterocycles. The molecule has 4 rings (SSSR count). The fourth-order valence-electron chi connectivity index (χ4n) is 3.29. The van der Waals surface area contributed by atoms with Gasteiger partial charge in [0.05, 0.1) is 18.1 Å². The summed E-state index contributed by atoms with van der Waals surface area (Å²) in [6.07, 6.45) is 5.10. The van der Waals surface area contributed by atoms with Crippen LogP contribution in [0.1, 0.15) is 39.0 Å². The monoisotopic (exact) mass is 461 g/mol. The summed E-state index contributed by atoms with van der Waals surface area (Å²) < 4.78 is 7.48. The Morgan fingerprint density at radius 3 is 2.55 bits per heavy atom. The van der Waals surface area contributed by atoms with Gasteiger partial charge in [-0.15, -0.1) is 10.2 Å². The minimum Gasteiger partial charge on any atom is -0.467 e. The van der Waals surface area contributed by atoms with Gasteiger partial charge >= 0.3 is 0 Å². The largest absolute Gasteiger partial charge is 0.467 e. The van der Waals surface area contributed by atoms with Gasteiger partial charge in [0.15, 0.2) is 11.0 Å². The van der Waals surface area contributed by atoms with Gasteiger partial charge in [-0.3, -0.25) is 14.3 Å². The first kappa shape index (κ1) is 22.8. The van der Waals surface area contributed by atoms with Crippen LogP contribution in [0.5, 0.6) is 0 Å². The summed E-state index contributed by atoms with van der Waals surface area (Å²) in [6.45, 7) is 8.81. The standard InChI is InChI=1S/C25H27N5O2S/c1-17(23(31)27-20-11-9-19(10-12-20)25(2,3)4)33-24-29-28-22(18-7-5-13-26-15-18)30(24)16-21-8-6-14-32-21/h5-15,17H,16H2,1-4H3,(H,27,31). The van der Waals surface area contributed by atoms with E-state index in [1.165, 1.54) is 17.3 Å². The average molecular weight is 462 g/mol. The van der Waals surface area contributed by atoms with Gasteiger partial charge in [-0.25, -0.2) is 0 Å². The molecule has 0 spiro atoms. The van der Waals surface area contributed by atoms with Gasteiger partial charge in [-0.05, 0) is 54.3 Å². The molecule has 0 fully saturated rings. The third kappa shape index (κ3) is 5.51. The highest BCUT2D eigenvalue weighted by Gasteiger charge is 2.22. The van der Waals surface area contributed by atoms with E-state index in [1.807, 2.05) is 60.0 Å². The zero-order valence-corrected chi connectivity index (χ0v) is 20.0. The summed E-state index contributed by atoms with van der Waals surface area (Å²) in [7, 11) is 0. The topological polar surface area (TPSA) is 85.8 Å². The maximum Gasteiger partial charge on any atom is 0.237 e. The third-order valence-corrected chi connectivity index (χ3v) is 6.28. The number of aromatic nitrogens is 4. The van der Waals surface area contributed by atoms with Gasteiger partial charge in [-0.1, -0.05) is 44.7 Å². The van der Waals surface area contributed by atoms with E-state index in [4.69, 9.17) is 4.42 Å². The minimum atomic E-state index is -0.381. The molecule has 0 bridgehead atoms. The molecule has 1 atom stereocenters. The van der Waals surface area contributed by atoms with Gasteiger partial charge < -0.3 is 9.73 Å². The second-order valence-electron chi connectivity index (χ2n) is 8.79. The van der Waals surface area contributed by atoms with Crippen molar-refractivity contribution in [1.29, 1.82) is 0 Å². The van der Waals surface area contributed by atoms with Crippen molar-refractivity contribution in [3.63, 3.8) is 0 Å². The number of carbonyl (C=O) groups excluding carboxylic acids is 1. The Morgan fingerprint density at radius 2 is 1.91 bits per heavy atom. The molecule has 0 radical (unpaired) electrons. The Labute approximate surface area is 197 Å². The van der Waals surface area contributed by atoms with Crippen molar-refractivity contribution in [2.75, 3.05) is 5.32 Å². The van der Waals surface area contributed by atoms with E-state index in [-0.39, 0.29) is 16.6 Å². The van der Waals surface area contributed by atoms with Crippen molar-refractivity contribution in [3.8, 4) is 11.4 Å². The Balaban J connectivity index is 1.51. The van der Waals surface area contributed by atoms with Crippen molar-refractivity contribution in [2.24, 2.45) is 0 Å². The molecule has 4 aromatic rings. The zero-order chi connectivity index (χ0) is 23.4. The number of benzene rings is 1. The normalized spacial score (nSPS) is 12.5. The van der Waals surface area contributed by atoms with Crippen LogP contribution in [0, 0.1) is 0 Å². The number of amides is 1. The molecule has 1 unspecified atom stereocenters. The van der Waals surface area contributed by atoms with Gasteiger partial charge in [-0.2, -0.15) is 0 Å². The summed E-state index contributed by atoms with van der Waals surface area (Å²) in [6, 6.07) is 15.5. The second kappa shape index (κ2) is 9.62. The van der Waals surface area contributed by atoms with Gasteiger partial charge in [0.2, 0.25) is 5.91 Å². The van der Waals surface area contributed by atoms with E-state index >= 15 is 0 Å². The van der Waals surface area contributed by atoms with Gasteiger partial charge in [0.1, 0.15) is 5.76 Å². The number of hydrogen-bond donors (Lipinski definition) is 1. The molecule has 1 aromatic carbocycles. The summed E-state index contributed by atoms with van der Waals surface area (Å²) in [5.41, 5.74) is 2.90. The van der Waals surface area contributed by atoms with Crippen molar-refractivity contribution < 1.29 is 9.21 Å². The Morgan fingerprint density at radius 1 is 1.12 bits per heavy atom. The lowest BCUT2D eigenvalue weighted by Gasteiger charge is -2.19. The summed E-state index contributed by atoms with van der Waals surface area (Å²) in [5, 5.41) is 12.0. The molecule has 1 amide bonds. The number of hydrogen-bond acceptors (Lipinski definition) is 6. The van der Waals surface area contributed by atoms with Crippen LogP contribution < -0.4 is 5.32 Å². The number of carbonyl (C=O) groups is 1. The maximum atomic E-state index is 12.9. The van der Waals surface area contributed by atoms with Gasteiger partial charge in [0, 0.05) is 23.6 Å². The van der Waals surface area contributed by atoms with Crippen molar-refractivity contribution >= 4 is 23.4 Å². The van der Waals surface area contributed by atoms with Crippen LogP contribution in [-0.4, -0.2) is 30.9 Å². The van der Waals surface area contributed by atoms with E-state index in [2.05, 4.69) is 41.3 Å². The average Bonchev–Trinajstić information content (AvgIpc) is 3.45. The lowest BCUT2D eigenvalue weighted by molar-refractivity contribution is -0.115. The smallest absolute Gasteiger partial charge is 0.237 e. The Bertz CT molecular complexity index is 1200. The van der Waals surface area contributed by atoms with E-state index < -0.39 is 0 Å². The van der Waals surface area contributed by atoms with Crippen LogP contribution in [0.15, 0.2) is 76.8 Å². The highest BCUT2D eigenvalue weighted by atomic mass is 32.2. The first-order valence-electron chi connectivity index (χ1n) is 10.8. The number of thioether (sulfide) groups is 1. The van der Waals surface area contributed by atoms with Crippen LogP contribution >= 0.6 is 11.8 Å². The number of nitrogens with one attached hydrogen (secondary N) is 1. The fraction of sp³-hybridized carbons (Fsp3) is 0.280. The minimum absolute atomic E-state index is 0.0652. The molecule has 33 heavy (non-hydrogen) atoms. The predicted molar refractivity (Wildman–Crippen MR) is 130 cm³/mol. The highest BCUT2D eigenvalue weighted by molar-refractivity contribution is 8.00. The van der Waals surface area contributed by atoms with Crippen LogP contribution in [-0.2, 0) is 16.8 Å². The summed E-state index contributed by atoms with van der Waals surface area (Å²) in [4.78, 5) is 17.1. The Hall–Kier alpha value is -3.39. The van der Waals surface area contributed by atoms with Crippen LogP contribution in [0.2, 0.25) is 0 Å². The molecule has 1 N–H and O–H groups in total. The lowest BCUT2D eigenvalue weighted by atomic mass is 9.87. The molecule has 0 saturated heterocycles. The highest BCUT2D eigenvalue weighted by Crippen LogP contribution is 2.29. The van der Waals surface area contributed by atoms with E-state index in [0.717, 1.165) is 17.0 Å². The number of nitrogens with zero attached hydrogens (tertiary/aromatic N) is 4. The molecule has 0 aliphatic rings. The lowest BCUT2D eigenvalue weighted by Crippen LogP contribution is -2.23. The summed E-state index contributed by atoms with van der Waals surface area (Å²) >= 11 is 1.36. The molecule has 8 heteroatoms. The molecule has 0 saturated carbocycles. The molecule has 170 valence electrons. The molecular formula is C25H27N5O2S. The third-order valence-electron chi connectivity index (χ3n) is 5.20. The first-order chi connectivity index (χ1) is 15.8. The molecule has 0 aliphatic heterocycles. The zero-order valence-electron chi connectivity index (χ0n) is 19.1. The van der Waals surface area contributed by atoms with Crippen molar-refractivity contribution in [3.05, 3.63) is 78.5 Å². The molecule has 3 heterocycles. The van der Waals surface area contributed by atoms with Crippen molar-refractivity contribution in [1.82, 2.24) is 19.7 Å². The molecule has 0 aliphatic carbocycles. The molecular weight excluding hydrogens is 434 g/mol. The second-order valence-corrected chi connectivity index (χ2v) is 10.1. The predicted octanol–water partition coefficient (Wildman–Crippen LogP) is 5.40. The van der Waals surface area contributed by atoms with Crippen LogP contribution in [0.25, 0.3) is 11.4 Å². The van der Waals surface area contributed by atoms with Gasteiger partial charge in [0.25, 0.3) is 0 Å². The van der Waals surface area contributed by atoms with E-state index in [1.54, 1.807) is 18.7 Å². The quantitative estimate of drug-likeness (QED) is 0.371. The SMILES string of the molecule is CC(Sc1nnc(-c2cccnc2)n1Cc1ccco1)C(=O)Nc1ccc(C(C)(C)C)cc1. The number of pyridine rings is 1. The number of furan rings is 1. The maximum absolute atomic E-state index is 12.9. The number of rotatable bonds is 7. The summed E-state index contributed by atoms with van der Waals surface area (Å²) in [5.74, 6) is 1.35. The van der Waals surface area contributed by atoms with E-state index in [9.17, 15) is 4.79 Å². The molecule has 7 nitrogen and oxygen atoms in total. The van der Waals surface area contributed by atoms with E-state index in [0.29, 0.717) is 17.5 Å². The van der Waals surface area contributed by atoms with Crippen LogP contribution in [0.3, 0.4) is 0 Å². The van der Waals surface area contributed by atoms with Crippen LogP contribution in [0.4, 0.5) is 5.69 Å². The number of anilines is 1. The van der Waals surface area contributed by atoms with Crippen molar-refractivity contribution in [2.45, 2.75) is 50.1 Å². The fourth-order valence-corrected chi connectivity index (χ4v) is 4.14. The first-order valence-corrected chi connectivity index (χ1v) is 11.6.